The second-order valence-corrected chi connectivity index (χ2v) is 8.46. The van der Waals surface area contributed by atoms with Crippen LogP contribution in [0.3, 0.4) is 0 Å². The van der Waals surface area contributed by atoms with Crippen molar-refractivity contribution in [1.29, 1.82) is 0 Å². The Labute approximate surface area is 168 Å². The van der Waals surface area contributed by atoms with Crippen molar-refractivity contribution in [1.82, 2.24) is 14.2 Å². The molecule has 0 spiro atoms. The SMILES string of the molecule is CC(=O)c1ccc(S(=O)(=O)N2CCN(C(=O)COC(=O)c3ccc[nH]3)CC2)cc1. The summed E-state index contributed by atoms with van der Waals surface area (Å²) < 4.78 is 31.8. The second-order valence-electron chi connectivity index (χ2n) is 6.53. The molecule has 1 saturated heterocycles. The van der Waals surface area contributed by atoms with E-state index >= 15 is 0 Å². The highest BCUT2D eigenvalue weighted by Crippen LogP contribution is 2.18. The summed E-state index contributed by atoms with van der Waals surface area (Å²) in [6.07, 6.45) is 1.58. The van der Waals surface area contributed by atoms with Crippen LogP contribution in [0.4, 0.5) is 0 Å². The van der Waals surface area contributed by atoms with Gasteiger partial charge in [0, 0.05) is 37.9 Å². The van der Waals surface area contributed by atoms with Crippen molar-refractivity contribution in [2.24, 2.45) is 0 Å². The number of ketones is 1. The van der Waals surface area contributed by atoms with Gasteiger partial charge in [-0.15, -0.1) is 0 Å². The average molecular weight is 419 g/mol. The van der Waals surface area contributed by atoms with Gasteiger partial charge in [0.05, 0.1) is 4.90 Å². The molecule has 154 valence electrons. The van der Waals surface area contributed by atoms with Crippen molar-refractivity contribution in [2.45, 2.75) is 11.8 Å². The number of Topliss-reactive ketones (excluding diaryl/α,β-unsaturated/α-hetero) is 1. The molecule has 2 aromatic rings. The van der Waals surface area contributed by atoms with Crippen molar-refractivity contribution >= 4 is 27.7 Å². The molecule has 1 fully saturated rings. The molecule has 1 aliphatic heterocycles. The number of esters is 1. The maximum atomic E-state index is 12.8. The minimum absolute atomic E-state index is 0.0992. The summed E-state index contributed by atoms with van der Waals surface area (Å²) in [6, 6.07) is 8.96. The third-order valence-corrected chi connectivity index (χ3v) is 6.55. The van der Waals surface area contributed by atoms with Crippen LogP contribution in [-0.4, -0.2) is 73.1 Å². The third kappa shape index (κ3) is 4.72. The van der Waals surface area contributed by atoms with Crippen LogP contribution in [0.15, 0.2) is 47.5 Å². The second kappa shape index (κ2) is 8.58. The molecule has 9 nitrogen and oxygen atoms in total. The lowest BCUT2D eigenvalue weighted by atomic mass is 10.2. The van der Waals surface area contributed by atoms with Crippen LogP contribution in [0, 0.1) is 0 Å². The van der Waals surface area contributed by atoms with Gasteiger partial charge in [-0.2, -0.15) is 4.31 Å². The van der Waals surface area contributed by atoms with E-state index in [1.165, 1.54) is 40.4 Å². The summed E-state index contributed by atoms with van der Waals surface area (Å²) in [4.78, 5) is 39.6. The number of nitrogens with zero attached hydrogens (tertiary/aromatic N) is 2. The molecule has 10 heteroatoms. The molecule has 0 saturated carbocycles. The summed E-state index contributed by atoms with van der Waals surface area (Å²) >= 11 is 0. The highest BCUT2D eigenvalue weighted by Gasteiger charge is 2.30. The Morgan fingerprint density at radius 3 is 2.24 bits per heavy atom. The van der Waals surface area contributed by atoms with Crippen LogP contribution < -0.4 is 0 Å². The molecule has 1 aliphatic rings. The first-order chi connectivity index (χ1) is 13.8. The van der Waals surface area contributed by atoms with Gasteiger partial charge in [-0.3, -0.25) is 9.59 Å². The lowest BCUT2D eigenvalue weighted by molar-refractivity contribution is -0.135. The predicted octanol–water partition coefficient (Wildman–Crippen LogP) is 0.907. The fourth-order valence-corrected chi connectivity index (χ4v) is 4.36. The number of carbonyl (C=O) groups excluding carboxylic acids is 3. The van der Waals surface area contributed by atoms with Gasteiger partial charge in [-0.25, -0.2) is 13.2 Å². The highest BCUT2D eigenvalue weighted by atomic mass is 32.2. The van der Waals surface area contributed by atoms with Crippen molar-refractivity contribution in [3.63, 3.8) is 0 Å². The minimum Gasteiger partial charge on any atom is -0.451 e. The molecule has 0 bridgehead atoms. The molecule has 0 unspecified atom stereocenters. The van der Waals surface area contributed by atoms with Crippen molar-refractivity contribution in [2.75, 3.05) is 32.8 Å². The summed E-state index contributed by atoms with van der Waals surface area (Å²) in [5, 5.41) is 0. The van der Waals surface area contributed by atoms with Crippen LogP contribution >= 0.6 is 0 Å². The van der Waals surface area contributed by atoms with Crippen LogP contribution in [0.2, 0.25) is 0 Å². The van der Waals surface area contributed by atoms with E-state index in [9.17, 15) is 22.8 Å². The van der Waals surface area contributed by atoms with Gasteiger partial charge >= 0.3 is 5.97 Å². The van der Waals surface area contributed by atoms with E-state index in [0.717, 1.165) is 0 Å². The number of H-pyrrole nitrogens is 1. The number of sulfonamides is 1. The van der Waals surface area contributed by atoms with Crippen molar-refractivity contribution in [3.05, 3.63) is 53.9 Å². The largest absolute Gasteiger partial charge is 0.451 e. The van der Waals surface area contributed by atoms with Crippen LogP contribution in [0.5, 0.6) is 0 Å². The Bertz CT molecular complexity index is 991. The number of rotatable bonds is 6. The van der Waals surface area contributed by atoms with Crippen LogP contribution in [0.1, 0.15) is 27.8 Å². The fourth-order valence-electron chi connectivity index (χ4n) is 2.94. The summed E-state index contributed by atoms with van der Waals surface area (Å²) in [5.74, 6) is -1.15. The van der Waals surface area contributed by atoms with Crippen molar-refractivity contribution < 1.29 is 27.5 Å². The number of aromatic amines is 1. The van der Waals surface area contributed by atoms with E-state index in [0.29, 0.717) is 5.56 Å². The lowest BCUT2D eigenvalue weighted by Gasteiger charge is -2.33. The van der Waals surface area contributed by atoms with E-state index in [4.69, 9.17) is 4.74 Å². The Morgan fingerprint density at radius 2 is 1.69 bits per heavy atom. The summed E-state index contributed by atoms with van der Waals surface area (Å²) in [6.45, 7) is 1.67. The first-order valence-corrected chi connectivity index (χ1v) is 10.4. The van der Waals surface area contributed by atoms with Gasteiger partial charge in [0.2, 0.25) is 10.0 Å². The van der Waals surface area contributed by atoms with Gasteiger partial charge in [0.15, 0.2) is 12.4 Å². The Morgan fingerprint density at radius 1 is 1.03 bits per heavy atom. The standard InChI is InChI=1S/C19H21N3O6S/c1-14(23)15-4-6-16(7-5-15)29(26,27)22-11-9-21(10-12-22)18(24)13-28-19(25)17-3-2-8-20-17/h2-8,20H,9-13H2,1H3. The first-order valence-electron chi connectivity index (χ1n) is 8.98. The lowest BCUT2D eigenvalue weighted by Crippen LogP contribution is -2.51. The third-order valence-electron chi connectivity index (χ3n) is 4.63. The molecule has 3 rings (SSSR count). The molecule has 1 N–H and O–H groups in total. The van der Waals surface area contributed by atoms with E-state index < -0.39 is 22.6 Å². The minimum atomic E-state index is -3.71. The number of amides is 1. The smallest absolute Gasteiger partial charge is 0.355 e. The van der Waals surface area contributed by atoms with E-state index in [1.807, 2.05) is 0 Å². The van der Waals surface area contributed by atoms with Gasteiger partial charge in [0.25, 0.3) is 5.91 Å². The number of hydrogen-bond acceptors (Lipinski definition) is 6. The quantitative estimate of drug-likeness (QED) is 0.549. The Kier molecular flexibility index (Phi) is 6.14. The molecule has 1 aromatic carbocycles. The number of benzene rings is 1. The van der Waals surface area contributed by atoms with Crippen LogP contribution in [0.25, 0.3) is 0 Å². The zero-order chi connectivity index (χ0) is 21.0. The predicted molar refractivity (Wildman–Crippen MR) is 103 cm³/mol. The zero-order valence-corrected chi connectivity index (χ0v) is 16.6. The molecule has 0 radical (unpaired) electrons. The topological polar surface area (TPSA) is 117 Å². The van der Waals surface area contributed by atoms with E-state index in [-0.39, 0.29) is 48.5 Å². The molecule has 1 amide bonds. The molecule has 1 aromatic heterocycles. The highest BCUT2D eigenvalue weighted by molar-refractivity contribution is 7.89. The zero-order valence-electron chi connectivity index (χ0n) is 15.8. The molecule has 0 aliphatic carbocycles. The van der Waals surface area contributed by atoms with E-state index in [2.05, 4.69) is 4.98 Å². The average Bonchev–Trinajstić information content (AvgIpc) is 3.27. The number of piperazine rings is 1. The van der Waals surface area contributed by atoms with E-state index in [1.54, 1.807) is 18.3 Å². The number of aromatic nitrogens is 1. The Balaban J connectivity index is 1.54. The normalized spacial score (nSPS) is 15.1. The molecule has 29 heavy (non-hydrogen) atoms. The van der Waals surface area contributed by atoms with Gasteiger partial charge in [-0.05, 0) is 31.2 Å². The monoisotopic (exact) mass is 419 g/mol. The molecular formula is C19H21N3O6S. The summed E-state index contributed by atoms with van der Waals surface area (Å²) in [7, 11) is -3.71. The van der Waals surface area contributed by atoms with Gasteiger partial charge in [0.1, 0.15) is 5.69 Å². The number of ether oxygens (including phenoxy) is 1. The number of hydrogen-bond donors (Lipinski definition) is 1. The molecule has 2 heterocycles. The first kappa shape index (κ1) is 20.7. The summed E-state index contributed by atoms with van der Waals surface area (Å²) in [5.41, 5.74) is 0.692. The Hall–Kier alpha value is -2.98. The maximum Gasteiger partial charge on any atom is 0.355 e. The van der Waals surface area contributed by atoms with Crippen molar-refractivity contribution in [3.8, 4) is 0 Å². The van der Waals surface area contributed by atoms with Gasteiger partial charge < -0.3 is 14.6 Å². The molecule has 0 atom stereocenters. The van der Waals surface area contributed by atoms with Crippen LogP contribution in [-0.2, 0) is 19.6 Å². The molecular weight excluding hydrogens is 398 g/mol. The van der Waals surface area contributed by atoms with Gasteiger partial charge in [-0.1, -0.05) is 12.1 Å². The maximum absolute atomic E-state index is 12.8. The number of nitrogens with one attached hydrogen (secondary N) is 1. The number of carbonyl (C=O) groups is 3. The fraction of sp³-hybridized carbons (Fsp3) is 0.316.